The fraction of sp³-hybridized carbons (Fsp3) is 0.286. The molecule has 0 bridgehead atoms. The molecular weight excluding hydrogens is 460 g/mol. The molecule has 35 heavy (non-hydrogen) atoms. The van der Waals surface area contributed by atoms with Crippen LogP contribution in [0.3, 0.4) is 0 Å². The van der Waals surface area contributed by atoms with Crippen molar-refractivity contribution < 1.29 is 18.0 Å². The molecule has 7 heteroatoms. The number of hydrogen-bond acceptors (Lipinski definition) is 4. The molecular formula is C28H30N2O4S. The first kappa shape index (κ1) is 24.8. The average Bonchev–Trinajstić information content (AvgIpc) is 2.88. The van der Waals surface area contributed by atoms with Gasteiger partial charge in [0.2, 0.25) is 15.9 Å². The number of nitrogens with zero attached hydrogens (tertiary/aromatic N) is 1. The van der Waals surface area contributed by atoms with E-state index < -0.39 is 10.0 Å². The molecule has 3 aromatic rings. The fourth-order valence-electron chi connectivity index (χ4n) is 4.41. The molecule has 1 saturated heterocycles. The summed E-state index contributed by atoms with van der Waals surface area (Å²) in [4.78, 5) is 25.0. The third kappa shape index (κ3) is 5.69. The number of benzene rings is 3. The number of sulfonamides is 1. The van der Waals surface area contributed by atoms with Crippen LogP contribution in [0.4, 0.5) is 0 Å². The summed E-state index contributed by atoms with van der Waals surface area (Å²) in [6.45, 7) is 3.95. The normalized spacial score (nSPS) is 15.9. The molecule has 0 radical (unpaired) electrons. The molecule has 1 amide bonds. The van der Waals surface area contributed by atoms with Crippen molar-refractivity contribution in [1.82, 2.24) is 9.62 Å². The van der Waals surface area contributed by atoms with Crippen LogP contribution in [0.5, 0.6) is 0 Å². The van der Waals surface area contributed by atoms with Crippen LogP contribution >= 0.6 is 0 Å². The Morgan fingerprint density at radius 2 is 1.51 bits per heavy atom. The van der Waals surface area contributed by atoms with E-state index in [0.29, 0.717) is 18.4 Å². The van der Waals surface area contributed by atoms with Crippen LogP contribution in [0.2, 0.25) is 0 Å². The number of rotatable bonds is 7. The molecule has 0 aromatic heterocycles. The van der Waals surface area contributed by atoms with Gasteiger partial charge < -0.3 is 5.32 Å². The summed E-state index contributed by atoms with van der Waals surface area (Å²) < 4.78 is 27.7. The molecule has 0 aliphatic carbocycles. The molecule has 1 N–H and O–H groups in total. The first-order valence-electron chi connectivity index (χ1n) is 11.8. The number of carbonyl (C=O) groups is 2. The van der Waals surface area contributed by atoms with Gasteiger partial charge in [0.25, 0.3) is 0 Å². The Morgan fingerprint density at radius 3 is 2.14 bits per heavy atom. The van der Waals surface area contributed by atoms with Gasteiger partial charge in [-0.05, 0) is 49.9 Å². The van der Waals surface area contributed by atoms with Gasteiger partial charge in [-0.3, -0.25) is 9.59 Å². The third-order valence-corrected chi connectivity index (χ3v) is 8.43. The first-order valence-corrected chi connectivity index (χ1v) is 13.2. The van der Waals surface area contributed by atoms with Crippen LogP contribution in [-0.2, 0) is 14.8 Å². The Morgan fingerprint density at radius 1 is 0.886 bits per heavy atom. The zero-order chi connectivity index (χ0) is 25.0. The SMILES string of the molecule is CC(=O)c1cccc(S(=O)(=O)N2CCC(C(=O)N[C@H](c3ccccc3)c3ccc(C)cc3)CC2)c1. The zero-order valence-corrected chi connectivity index (χ0v) is 20.8. The van der Waals surface area contributed by atoms with E-state index in [0.717, 1.165) is 16.7 Å². The standard InChI is InChI=1S/C28H30N2O4S/c1-20-11-13-23(14-12-20)27(22-7-4-3-5-8-22)29-28(32)24-15-17-30(18-16-24)35(33,34)26-10-6-9-25(19-26)21(2)31/h3-14,19,24,27H,15-18H2,1-2H3,(H,29,32)/t27-/m1/s1. The van der Waals surface area contributed by atoms with Crippen molar-refractivity contribution in [2.24, 2.45) is 5.92 Å². The monoisotopic (exact) mass is 490 g/mol. The molecule has 4 rings (SSSR count). The number of Topliss-reactive ketones (excluding diaryl/α,β-unsaturated/α-hetero) is 1. The minimum atomic E-state index is -3.73. The molecule has 1 aliphatic rings. The van der Waals surface area contributed by atoms with Crippen molar-refractivity contribution in [3.8, 4) is 0 Å². The molecule has 6 nitrogen and oxygen atoms in total. The van der Waals surface area contributed by atoms with Crippen LogP contribution in [-0.4, -0.2) is 37.5 Å². The highest BCUT2D eigenvalue weighted by Crippen LogP contribution is 2.27. The van der Waals surface area contributed by atoms with Gasteiger partial charge in [0, 0.05) is 24.6 Å². The largest absolute Gasteiger partial charge is 0.345 e. The highest BCUT2D eigenvalue weighted by atomic mass is 32.2. The van der Waals surface area contributed by atoms with E-state index >= 15 is 0 Å². The summed E-state index contributed by atoms with van der Waals surface area (Å²) in [6.07, 6.45) is 0.875. The molecule has 1 fully saturated rings. The van der Waals surface area contributed by atoms with Gasteiger partial charge in [-0.25, -0.2) is 8.42 Å². The second kappa shape index (κ2) is 10.5. The molecule has 1 aliphatic heterocycles. The Labute approximate surface area is 207 Å². The predicted molar refractivity (Wildman–Crippen MR) is 136 cm³/mol. The minimum Gasteiger partial charge on any atom is -0.345 e. The fourth-order valence-corrected chi connectivity index (χ4v) is 5.92. The lowest BCUT2D eigenvalue weighted by Crippen LogP contribution is -2.43. The Kier molecular flexibility index (Phi) is 7.48. The Bertz CT molecular complexity index is 1300. The van der Waals surface area contributed by atoms with E-state index in [1.54, 1.807) is 12.1 Å². The number of ketones is 1. The van der Waals surface area contributed by atoms with E-state index in [1.165, 1.54) is 23.4 Å². The van der Waals surface area contributed by atoms with Gasteiger partial charge >= 0.3 is 0 Å². The van der Waals surface area contributed by atoms with Crippen LogP contribution in [0, 0.1) is 12.8 Å². The predicted octanol–water partition coefficient (Wildman–Crippen LogP) is 4.50. The first-order chi connectivity index (χ1) is 16.8. The smallest absolute Gasteiger partial charge is 0.243 e. The third-order valence-electron chi connectivity index (χ3n) is 6.53. The maximum absolute atomic E-state index is 13.3. The van der Waals surface area contributed by atoms with E-state index in [2.05, 4.69) is 5.32 Å². The van der Waals surface area contributed by atoms with Crippen LogP contribution in [0.15, 0.2) is 83.8 Å². The van der Waals surface area contributed by atoms with Crippen molar-refractivity contribution >= 4 is 21.7 Å². The van der Waals surface area contributed by atoms with Crippen molar-refractivity contribution in [1.29, 1.82) is 0 Å². The van der Waals surface area contributed by atoms with Gasteiger partial charge in [-0.15, -0.1) is 0 Å². The number of hydrogen-bond donors (Lipinski definition) is 1. The highest BCUT2D eigenvalue weighted by Gasteiger charge is 2.33. The van der Waals surface area contributed by atoms with Gasteiger partial charge in [0.1, 0.15) is 0 Å². The van der Waals surface area contributed by atoms with Gasteiger partial charge in [0.05, 0.1) is 10.9 Å². The lowest BCUT2D eigenvalue weighted by atomic mass is 9.94. The molecule has 0 unspecified atom stereocenters. The van der Waals surface area contributed by atoms with E-state index in [9.17, 15) is 18.0 Å². The maximum Gasteiger partial charge on any atom is 0.243 e. The van der Waals surface area contributed by atoms with Crippen LogP contribution in [0.25, 0.3) is 0 Å². The molecule has 0 spiro atoms. The summed E-state index contributed by atoms with van der Waals surface area (Å²) in [5.74, 6) is -0.532. The summed E-state index contributed by atoms with van der Waals surface area (Å²) in [7, 11) is -3.73. The summed E-state index contributed by atoms with van der Waals surface area (Å²) >= 11 is 0. The second-order valence-corrected chi connectivity index (χ2v) is 11.0. The Balaban J connectivity index is 1.45. The molecule has 1 atom stereocenters. The minimum absolute atomic E-state index is 0.0740. The highest BCUT2D eigenvalue weighted by molar-refractivity contribution is 7.89. The van der Waals surface area contributed by atoms with Gasteiger partial charge in [-0.2, -0.15) is 4.31 Å². The van der Waals surface area contributed by atoms with Crippen molar-refractivity contribution in [2.75, 3.05) is 13.1 Å². The number of amides is 1. The number of piperidine rings is 1. The van der Waals surface area contributed by atoms with Gasteiger partial charge in [0.15, 0.2) is 5.78 Å². The summed E-state index contributed by atoms with van der Waals surface area (Å²) in [5, 5.41) is 3.20. The number of nitrogens with one attached hydrogen (secondary N) is 1. The van der Waals surface area contributed by atoms with Crippen LogP contribution < -0.4 is 5.32 Å². The lowest BCUT2D eigenvalue weighted by Gasteiger charge is -2.31. The zero-order valence-electron chi connectivity index (χ0n) is 20.0. The topological polar surface area (TPSA) is 83.6 Å². The molecule has 3 aromatic carbocycles. The number of aryl methyl sites for hydroxylation is 1. The van der Waals surface area contributed by atoms with Crippen LogP contribution in [0.1, 0.15) is 52.9 Å². The van der Waals surface area contributed by atoms with Crippen molar-refractivity contribution in [2.45, 2.75) is 37.6 Å². The second-order valence-electron chi connectivity index (χ2n) is 9.03. The molecule has 0 saturated carbocycles. The van der Waals surface area contributed by atoms with E-state index in [-0.39, 0.29) is 41.6 Å². The maximum atomic E-state index is 13.3. The average molecular weight is 491 g/mol. The van der Waals surface area contributed by atoms with Crippen molar-refractivity contribution in [3.05, 3.63) is 101 Å². The Hall–Kier alpha value is -3.29. The summed E-state index contributed by atoms with van der Waals surface area (Å²) in [6, 6.07) is 23.8. The summed E-state index contributed by atoms with van der Waals surface area (Å²) in [5.41, 5.74) is 3.51. The lowest BCUT2D eigenvalue weighted by molar-refractivity contribution is -0.126. The van der Waals surface area contributed by atoms with Gasteiger partial charge in [-0.1, -0.05) is 72.3 Å². The number of carbonyl (C=O) groups excluding carboxylic acids is 2. The van der Waals surface area contributed by atoms with E-state index in [4.69, 9.17) is 0 Å². The molecule has 1 heterocycles. The van der Waals surface area contributed by atoms with Crippen molar-refractivity contribution in [3.63, 3.8) is 0 Å². The molecule has 182 valence electrons. The quantitative estimate of drug-likeness (QED) is 0.494. The van der Waals surface area contributed by atoms with E-state index in [1.807, 2.05) is 61.5 Å².